The van der Waals surface area contributed by atoms with Crippen LogP contribution >= 0.6 is 0 Å². The Morgan fingerprint density at radius 2 is 2.39 bits per heavy atom. The van der Waals surface area contributed by atoms with Crippen LogP contribution in [0, 0.1) is 12.7 Å². The van der Waals surface area contributed by atoms with Gasteiger partial charge in [-0.25, -0.2) is 4.39 Å². The summed E-state index contributed by atoms with van der Waals surface area (Å²) in [4.78, 5) is 11.7. The number of hydrogen-bond donors (Lipinski definition) is 2. The molecular weight excluding hydrogens is 231 g/mol. The van der Waals surface area contributed by atoms with E-state index in [1.165, 1.54) is 12.5 Å². The quantitative estimate of drug-likeness (QED) is 0.862. The maximum absolute atomic E-state index is 13.4. The summed E-state index contributed by atoms with van der Waals surface area (Å²) in [6, 6.07) is 5.16. The summed E-state index contributed by atoms with van der Waals surface area (Å²) in [6.45, 7) is 2.91. The number of halogens is 1. The van der Waals surface area contributed by atoms with E-state index < -0.39 is 0 Å². The average molecular weight is 250 g/mol. The number of aryl methyl sites for hydroxylation is 1. The SMILES string of the molecule is Cc1ccc(F)c(NC(=O)CCC2CCCN2)c1. The third-order valence-electron chi connectivity index (χ3n) is 3.28. The van der Waals surface area contributed by atoms with Crippen molar-refractivity contribution in [3.8, 4) is 0 Å². The Bertz CT molecular complexity index is 428. The minimum Gasteiger partial charge on any atom is -0.324 e. The van der Waals surface area contributed by atoms with Gasteiger partial charge in [-0.05, 0) is 50.4 Å². The Hall–Kier alpha value is -1.42. The Morgan fingerprint density at radius 3 is 3.11 bits per heavy atom. The van der Waals surface area contributed by atoms with Gasteiger partial charge in [-0.3, -0.25) is 4.79 Å². The van der Waals surface area contributed by atoms with Gasteiger partial charge in [0.25, 0.3) is 0 Å². The fraction of sp³-hybridized carbons (Fsp3) is 0.500. The first-order chi connectivity index (χ1) is 8.65. The molecule has 1 atom stereocenters. The van der Waals surface area contributed by atoms with Crippen LogP contribution in [0.1, 0.15) is 31.2 Å². The summed E-state index contributed by atoms with van der Waals surface area (Å²) in [5, 5.41) is 5.98. The van der Waals surface area contributed by atoms with Crippen LogP contribution in [0.2, 0.25) is 0 Å². The third-order valence-corrected chi connectivity index (χ3v) is 3.28. The van der Waals surface area contributed by atoms with Crippen LogP contribution in [0.4, 0.5) is 10.1 Å². The zero-order chi connectivity index (χ0) is 13.0. The predicted octanol–water partition coefficient (Wildman–Crippen LogP) is 2.60. The minimum atomic E-state index is -0.382. The molecule has 1 aliphatic heterocycles. The van der Waals surface area contributed by atoms with Gasteiger partial charge in [-0.1, -0.05) is 6.07 Å². The Labute approximate surface area is 107 Å². The standard InChI is InChI=1S/C14H19FN2O/c1-10-4-6-12(15)13(9-10)17-14(18)7-5-11-3-2-8-16-11/h4,6,9,11,16H,2-3,5,7-8H2,1H3,(H,17,18). The molecule has 4 heteroatoms. The topological polar surface area (TPSA) is 41.1 Å². The number of rotatable bonds is 4. The molecule has 1 amide bonds. The van der Waals surface area contributed by atoms with Gasteiger partial charge < -0.3 is 10.6 Å². The van der Waals surface area contributed by atoms with Gasteiger partial charge in [-0.15, -0.1) is 0 Å². The molecule has 98 valence electrons. The van der Waals surface area contributed by atoms with Crippen molar-refractivity contribution in [3.05, 3.63) is 29.6 Å². The molecule has 1 heterocycles. The lowest BCUT2D eigenvalue weighted by Gasteiger charge is -2.10. The monoisotopic (exact) mass is 250 g/mol. The molecule has 0 saturated carbocycles. The van der Waals surface area contributed by atoms with Crippen LogP contribution in [-0.2, 0) is 4.79 Å². The molecule has 1 aromatic rings. The summed E-state index contributed by atoms with van der Waals surface area (Å²) < 4.78 is 13.4. The van der Waals surface area contributed by atoms with Gasteiger partial charge in [-0.2, -0.15) is 0 Å². The smallest absolute Gasteiger partial charge is 0.224 e. The molecule has 1 fully saturated rings. The normalized spacial score (nSPS) is 18.9. The lowest BCUT2D eigenvalue weighted by molar-refractivity contribution is -0.116. The average Bonchev–Trinajstić information content (AvgIpc) is 2.84. The van der Waals surface area contributed by atoms with E-state index in [2.05, 4.69) is 10.6 Å². The van der Waals surface area contributed by atoms with Crippen LogP contribution in [-0.4, -0.2) is 18.5 Å². The molecule has 0 spiro atoms. The van der Waals surface area contributed by atoms with Crippen LogP contribution in [0.15, 0.2) is 18.2 Å². The lowest BCUT2D eigenvalue weighted by Crippen LogP contribution is -2.23. The van der Waals surface area contributed by atoms with E-state index in [1.54, 1.807) is 12.1 Å². The lowest BCUT2D eigenvalue weighted by atomic mass is 10.1. The van der Waals surface area contributed by atoms with Gasteiger partial charge in [0.2, 0.25) is 5.91 Å². The van der Waals surface area contributed by atoms with Crippen molar-refractivity contribution < 1.29 is 9.18 Å². The second-order valence-corrected chi connectivity index (χ2v) is 4.86. The van der Waals surface area contributed by atoms with E-state index in [0.717, 1.165) is 24.9 Å². The molecule has 2 N–H and O–H groups in total. The van der Waals surface area contributed by atoms with Crippen molar-refractivity contribution in [2.45, 2.75) is 38.6 Å². The summed E-state index contributed by atoms with van der Waals surface area (Å²) in [7, 11) is 0. The summed E-state index contributed by atoms with van der Waals surface area (Å²) in [5.41, 5.74) is 1.21. The van der Waals surface area contributed by atoms with Crippen molar-refractivity contribution in [2.24, 2.45) is 0 Å². The molecule has 0 bridgehead atoms. The molecule has 0 radical (unpaired) electrons. The van der Waals surface area contributed by atoms with E-state index in [4.69, 9.17) is 0 Å². The Balaban J connectivity index is 1.84. The van der Waals surface area contributed by atoms with Crippen LogP contribution in [0.3, 0.4) is 0 Å². The number of carbonyl (C=O) groups excluding carboxylic acids is 1. The van der Waals surface area contributed by atoms with E-state index in [9.17, 15) is 9.18 Å². The number of nitrogens with one attached hydrogen (secondary N) is 2. The van der Waals surface area contributed by atoms with Crippen LogP contribution in [0.25, 0.3) is 0 Å². The van der Waals surface area contributed by atoms with E-state index in [0.29, 0.717) is 12.5 Å². The first kappa shape index (κ1) is 13.0. The van der Waals surface area contributed by atoms with Crippen molar-refractivity contribution in [3.63, 3.8) is 0 Å². The second kappa shape index (κ2) is 5.96. The minimum absolute atomic E-state index is 0.117. The molecular formula is C14H19FN2O. The largest absolute Gasteiger partial charge is 0.324 e. The maximum atomic E-state index is 13.4. The highest BCUT2D eigenvalue weighted by Gasteiger charge is 2.15. The van der Waals surface area contributed by atoms with E-state index in [1.807, 2.05) is 6.92 Å². The summed E-state index contributed by atoms with van der Waals surface area (Å²) in [6.07, 6.45) is 3.56. The number of amides is 1. The van der Waals surface area contributed by atoms with E-state index in [-0.39, 0.29) is 17.4 Å². The van der Waals surface area contributed by atoms with E-state index >= 15 is 0 Å². The number of anilines is 1. The third kappa shape index (κ3) is 3.53. The van der Waals surface area contributed by atoms with Crippen LogP contribution in [0.5, 0.6) is 0 Å². The summed E-state index contributed by atoms with van der Waals surface area (Å²) in [5.74, 6) is -0.499. The van der Waals surface area contributed by atoms with Crippen molar-refractivity contribution in [1.29, 1.82) is 0 Å². The maximum Gasteiger partial charge on any atom is 0.224 e. The van der Waals surface area contributed by atoms with Gasteiger partial charge in [0.15, 0.2) is 0 Å². The summed E-state index contributed by atoms with van der Waals surface area (Å²) >= 11 is 0. The van der Waals surface area contributed by atoms with Crippen molar-refractivity contribution in [1.82, 2.24) is 5.32 Å². The molecule has 18 heavy (non-hydrogen) atoms. The van der Waals surface area contributed by atoms with Gasteiger partial charge in [0.05, 0.1) is 5.69 Å². The molecule has 1 aliphatic rings. The second-order valence-electron chi connectivity index (χ2n) is 4.86. The van der Waals surface area contributed by atoms with Gasteiger partial charge in [0, 0.05) is 12.5 Å². The molecule has 3 nitrogen and oxygen atoms in total. The highest BCUT2D eigenvalue weighted by molar-refractivity contribution is 5.90. The highest BCUT2D eigenvalue weighted by atomic mass is 19.1. The molecule has 1 saturated heterocycles. The van der Waals surface area contributed by atoms with Crippen molar-refractivity contribution in [2.75, 3.05) is 11.9 Å². The van der Waals surface area contributed by atoms with Gasteiger partial charge >= 0.3 is 0 Å². The first-order valence-electron chi connectivity index (χ1n) is 6.44. The fourth-order valence-corrected chi connectivity index (χ4v) is 2.26. The number of benzene rings is 1. The molecule has 0 aromatic heterocycles. The van der Waals surface area contributed by atoms with Crippen LogP contribution < -0.4 is 10.6 Å². The zero-order valence-electron chi connectivity index (χ0n) is 10.6. The molecule has 0 aliphatic carbocycles. The Morgan fingerprint density at radius 1 is 1.56 bits per heavy atom. The molecule has 1 aromatic carbocycles. The Kier molecular flexibility index (Phi) is 4.31. The molecule has 1 unspecified atom stereocenters. The fourth-order valence-electron chi connectivity index (χ4n) is 2.26. The number of carbonyl (C=O) groups is 1. The van der Waals surface area contributed by atoms with Crippen molar-refractivity contribution >= 4 is 11.6 Å². The highest BCUT2D eigenvalue weighted by Crippen LogP contribution is 2.17. The van der Waals surface area contributed by atoms with Gasteiger partial charge in [0.1, 0.15) is 5.82 Å². The number of hydrogen-bond acceptors (Lipinski definition) is 2. The molecule has 2 rings (SSSR count). The predicted molar refractivity (Wildman–Crippen MR) is 70.0 cm³/mol. The first-order valence-corrected chi connectivity index (χ1v) is 6.44. The zero-order valence-corrected chi connectivity index (χ0v) is 10.6.